The van der Waals surface area contributed by atoms with Crippen LogP contribution in [-0.4, -0.2) is 40.1 Å². The number of aliphatic hydroxyl groups excluding tert-OH is 1. The number of para-hydroxylation sites is 1. The first kappa shape index (κ1) is 11.3. The molecule has 18 heavy (non-hydrogen) atoms. The maximum Gasteiger partial charge on any atom is 0.256 e. The topological polar surface area (TPSA) is 56.3 Å². The van der Waals surface area contributed by atoms with Crippen LogP contribution < -0.4 is 0 Å². The van der Waals surface area contributed by atoms with E-state index in [-0.39, 0.29) is 18.6 Å². The molecule has 1 aliphatic rings. The van der Waals surface area contributed by atoms with E-state index in [0.29, 0.717) is 5.56 Å². The minimum Gasteiger partial charge on any atom is -0.394 e. The SMILES string of the molecule is O=C(c1cccc2cc[nH]c12)N1CCC[C@H]1CO. The van der Waals surface area contributed by atoms with Gasteiger partial charge in [0.15, 0.2) is 0 Å². The van der Waals surface area contributed by atoms with Crippen LogP contribution in [0.2, 0.25) is 0 Å². The van der Waals surface area contributed by atoms with Crippen LogP contribution in [0.3, 0.4) is 0 Å². The predicted molar refractivity (Wildman–Crippen MR) is 69.4 cm³/mol. The van der Waals surface area contributed by atoms with Crippen molar-refractivity contribution >= 4 is 16.8 Å². The van der Waals surface area contributed by atoms with Gasteiger partial charge in [-0.1, -0.05) is 12.1 Å². The van der Waals surface area contributed by atoms with Crippen molar-refractivity contribution in [1.29, 1.82) is 0 Å². The van der Waals surface area contributed by atoms with Gasteiger partial charge < -0.3 is 15.0 Å². The Kier molecular flexibility index (Phi) is 2.80. The number of carbonyl (C=O) groups is 1. The molecule has 1 atom stereocenters. The third-order valence-corrected chi connectivity index (χ3v) is 3.67. The summed E-state index contributed by atoms with van der Waals surface area (Å²) in [5.41, 5.74) is 1.57. The second-order valence-electron chi connectivity index (χ2n) is 4.72. The van der Waals surface area contributed by atoms with Crippen molar-refractivity contribution in [2.45, 2.75) is 18.9 Å². The minimum atomic E-state index is -0.0253. The number of nitrogens with one attached hydrogen (secondary N) is 1. The van der Waals surface area contributed by atoms with Crippen molar-refractivity contribution in [1.82, 2.24) is 9.88 Å². The van der Waals surface area contributed by atoms with E-state index in [2.05, 4.69) is 4.98 Å². The third-order valence-electron chi connectivity index (χ3n) is 3.67. The lowest BCUT2D eigenvalue weighted by molar-refractivity contribution is 0.0679. The lowest BCUT2D eigenvalue weighted by Gasteiger charge is -2.23. The highest BCUT2D eigenvalue weighted by Crippen LogP contribution is 2.23. The Labute approximate surface area is 105 Å². The highest BCUT2D eigenvalue weighted by atomic mass is 16.3. The molecule has 1 amide bonds. The van der Waals surface area contributed by atoms with Crippen LogP contribution in [0.4, 0.5) is 0 Å². The summed E-state index contributed by atoms with van der Waals surface area (Å²) in [6, 6.07) is 7.65. The number of aromatic amines is 1. The Morgan fingerprint density at radius 1 is 1.44 bits per heavy atom. The van der Waals surface area contributed by atoms with Crippen LogP contribution in [0, 0.1) is 0 Å². The number of H-pyrrole nitrogens is 1. The normalized spacial score (nSPS) is 19.6. The molecular weight excluding hydrogens is 228 g/mol. The van der Waals surface area contributed by atoms with E-state index in [1.807, 2.05) is 30.5 Å². The summed E-state index contributed by atoms with van der Waals surface area (Å²) in [6.07, 6.45) is 3.70. The molecular formula is C14H16N2O2. The van der Waals surface area contributed by atoms with Crippen LogP contribution >= 0.6 is 0 Å². The van der Waals surface area contributed by atoms with E-state index >= 15 is 0 Å². The first-order valence-corrected chi connectivity index (χ1v) is 6.29. The minimum absolute atomic E-state index is 0.0135. The lowest BCUT2D eigenvalue weighted by Crippen LogP contribution is -2.37. The molecule has 1 aliphatic heterocycles. The molecule has 1 aromatic carbocycles. The molecule has 0 aliphatic carbocycles. The number of rotatable bonds is 2. The number of aromatic nitrogens is 1. The number of aliphatic hydroxyl groups is 1. The molecule has 0 radical (unpaired) electrons. The summed E-state index contributed by atoms with van der Waals surface area (Å²) in [6.45, 7) is 0.785. The molecule has 2 N–H and O–H groups in total. The van der Waals surface area contributed by atoms with Crippen molar-refractivity contribution in [3.63, 3.8) is 0 Å². The van der Waals surface area contributed by atoms with Gasteiger partial charge in [-0.2, -0.15) is 0 Å². The molecule has 94 valence electrons. The first-order valence-electron chi connectivity index (χ1n) is 6.29. The van der Waals surface area contributed by atoms with Crippen LogP contribution in [0.15, 0.2) is 30.5 Å². The number of amides is 1. The van der Waals surface area contributed by atoms with Gasteiger partial charge in [0, 0.05) is 18.1 Å². The largest absolute Gasteiger partial charge is 0.394 e. The number of likely N-dealkylation sites (tertiary alicyclic amines) is 1. The lowest BCUT2D eigenvalue weighted by atomic mass is 10.1. The maximum atomic E-state index is 12.5. The van der Waals surface area contributed by atoms with Gasteiger partial charge in [-0.25, -0.2) is 0 Å². The fourth-order valence-corrected chi connectivity index (χ4v) is 2.71. The Morgan fingerprint density at radius 2 is 2.33 bits per heavy atom. The maximum absolute atomic E-state index is 12.5. The average molecular weight is 244 g/mol. The molecule has 0 unspecified atom stereocenters. The quantitative estimate of drug-likeness (QED) is 0.845. The van der Waals surface area contributed by atoms with Gasteiger partial charge in [-0.05, 0) is 25.0 Å². The summed E-state index contributed by atoms with van der Waals surface area (Å²) >= 11 is 0. The van der Waals surface area contributed by atoms with Gasteiger partial charge in [0.05, 0.1) is 23.7 Å². The molecule has 2 aromatic rings. The second kappa shape index (κ2) is 4.46. The molecule has 0 bridgehead atoms. The summed E-state index contributed by atoms with van der Waals surface area (Å²) in [5.74, 6) is 0.0135. The van der Waals surface area contributed by atoms with Gasteiger partial charge in [-0.3, -0.25) is 4.79 Å². The van der Waals surface area contributed by atoms with Crippen molar-refractivity contribution < 1.29 is 9.90 Å². The molecule has 4 heteroatoms. The monoisotopic (exact) mass is 244 g/mol. The van der Waals surface area contributed by atoms with Crippen molar-refractivity contribution in [3.8, 4) is 0 Å². The standard InChI is InChI=1S/C14H16N2O2/c17-9-11-4-2-8-16(11)14(18)12-5-1-3-10-6-7-15-13(10)12/h1,3,5-7,11,15,17H,2,4,8-9H2/t11-/m0/s1. The Hall–Kier alpha value is -1.81. The fourth-order valence-electron chi connectivity index (χ4n) is 2.71. The highest BCUT2D eigenvalue weighted by molar-refractivity contribution is 6.05. The third kappa shape index (κ3) is 1.69. The van der Waals surface area contributed by atoms with Gasteiger partial charge >= 0.3 is 0 Å². The zero-order valence-electron chi connectivity index (χ0n) is 10.1. The van der Waals surface area contributed by atoms with E-state index in [1.54, 1.807) is 4.90 Å². The zero-order chi connectivity index (χ0) is 12.5. The molecule has 3 rings (SSSR count). The van der Waals surface area contributed by atoms with Crippen molar-refractivity contribution in [3.05, 3.63) is 36.0 Å². The summed E-state index contributed by atoms with van der Waals surface area (Å²) in [4.78, 5) is 17.4. The van der Waals surface area contributed by atoms with E-state index < -0.39 is 0 Å². The molecule has 1 saturated heterocycles. The van der Waals surface area contributed by atoms with Crippen LogP contribution in [0.25, 0.3) is 10.9 Å². The number of fused-ring (bicyclic) bond motifs is 1. The van der Waals surface area contributed by atoms with Crippen LogP contribution in [-0.2, 0) is 0 Å². The summed E-state index contributed by atoms with van der Waals surface area (Å²) in [7, 11) is 0. The zero-order valence-corrected chi connectivity index (χ0v) is 10.1. The number of nitrogens with zero attached hydrogens (tertiary/aromatic N) is 1. The van der Waals surface area contributed by atoms with Gasteiger partial charge in [0.2, 0.25) is 0 Å². The van der Waals surface area contributed by atoms with E-state index in [1.165, 1.54) is 0 Å². The Bertz CT molecular complexity index is 576. The molecule has 0 spiro atoms. The number of carbonyl (C=O) groups excluding carboxylic acids is 1. The first-order chi connectivity index (χ1) is 8.81. The Balaban J connectivity index is 1.99. The highest BCUT2D eigenvalue weighted by Gasteiger charge is 2.29. The van der Waals surface area contributed by atoms with E-state index in [4.69, 9.17) is 0 Å². The molecule has 0 saturated carbocycles. The molecule has 1 fully saturated rings. The molecule has 2 heterocycles. The van der Waals surface area contributed by atoms with Gasteiger partial charge in [0.25, 0.3) is 5.91 Å². The van der Waals surface area contributed by atoms with E-state index in [0.717, 1.165) is 30.3 Å². The van der Waals surface area contributed by atoms with Crippen molar-refractivity contribution in [2.75, 3.05) is 13.2 Å². The predicted octanol–water partition coefficient (Wildman–Crippen LogP) is 1.76. The van der Waals surface area contributed by atoms with Crippen LogP contribution in [0.5, 0.6) is 0 Å². The smallest absolute Gasteiger partial charge is 0.256 e. The summed E-state index contributed by atoms with van der Waals surface area (Å²) in [5, 5.41) is 10.3. The molecule has 1 aromatic heterocycles. The number of hydrogen-bond donors (Lipinski definition) is 2. The number of benzene rings is 1. The van der Waals surface area contributed by atoms with Gasteiger partial charge in [-0.15, -0.1) is 0 Å². The number of hydrogen-bond acceptors (Lipinski definition) is 2. The Morgan fingerprint density at radius 3 is 3.17 bits per heavy atom. The average Bonchev–Trinajstić information content (AvgIpc) is 3.05. The fraction of sp³-hybridized carbons (Fsp3) is 0.357. The van der Waals surface area contributed by atoms with Crippen LogP contribution in [0.1, 0.15) is 23.2 Å². The molecule has 4 nitrogen and oxygen atoms in total. The van der Waals surface area contributed by atoms with Crippen molar-refractivity contribution in [2.24, 2.45) is 0 Å². The second-order valence-corrected chi connectivity index (χ2v) is 4.72. The van der Waals surface area contributed by atoms with Gasteiger partial charge in [0.1, 0.15) is 0 Å². The van der Waals surface area contributed by atoms with E-state index in [9.17, 15) is 9.90 Å². The summed E-state index contributed by atoms with van der Waals surface area (Å²) < 4.78 is 0.